The van der Waals surface area contributed by atoms with Crippen molar-refractivity contribution in [2.45, 2.75) is 26.7 Å². The Hall–Kier alpha value is -0.250. The Morgan fingerprint density at radius 3 is 2.54 bits per heavy atom. The molecule has 13 heavy (non-hydrogen) atoms. The summed E-state index contributed by atoms with van der Waals surface area (Å²) in [6.07, 6.45) is 2.59. The third-order valence-electron chi connectivity index (χ3n) is 1.76. The van der Waals surface area contributed by atoms with Crippen LogP contribution in [0.5, 0.6) is 5.75 Å². The van der Waals surface area contributed by atoms with Gasteiger partial charge in [-0.1, -0.05) is 0 Å². The van der Waals surface area contributed by atoms with E-state index < -0.39 is 0 Å². The maximum atomic E-state index is 5.69. The monoisotopic (exact) mass is 292 g/mol. The van der Waals surface area contributed by atoms with Crippen LogP contribution in [0.2, 0.25) is 0 Å². The minimum absolute atomic E-state index is 0.236. The van der Waals surface area contributed by atoms with E-state index in [1.165, 1.54) is 22.8 Å². The zero-order valence-corrected chi connectivity index (χ0v) is 10.6. The van der Waals surface area contributed by atoms with E-state index in [0.717, 1.165) is 5.75 Å². The van der Waals surface area contributed by atoms with Crippen LogP contribution in [0.1, 0.15) is 25.3 Å². The summed E-state index contributed by atoms with van der Waals surface area (Å²) in [7, 11) is 0. The van der Waals surface area contributed by atoms with Gasteiger partial charge in [0.1, 0.15) is 0 Å². The molecule has 0 aliphatic rings. The summed E-state index contributed by atoms with van der Waals surface area (Å²) in [5, 5.41) is 0. The Balaban J connectivity index is 2.25. The predicted octanol–water partition coefficient (Wildman–Crippen LogP) is 3.79. The molecule has 1 rings (SSSR count). The molecule has 0 spiro atoms. The standard InChI is InChI=1S/C11H17IO/c1-3-4-9-12-13-11-7-5-10(2)6-8-11/h5-8,12H,3-4,9H2,1-2H3. The molecule has 0 saturated carbocycles. The Bertz CT molecular complexity index is 230. The molecule has 0 aliphatic carbocycles. The van der Waals surface area contributed by atoms with Gasteiger partial charge in [-0.05, 0) is 0 Å². The first-order valence-electron chi connectivity index (χ1n) is 4.69. The zero-order valence-electron chi connectivity index (χ0n) is 8.25. The predicted molar refractivity (Wildman–Crippen MR) is 67.0 cm³/mol. The summed E-state index contributed by atoms with van der Waals surface area (Å²) in [4.78, 5) is 0. The normalized spacial score (nSPS) is 10.3. The summed E-state index contributed by atoms with van der Waals surface area (Å²) >= 11 is -0.236. The van der Waals surface area contributed by atoms with Crippen LogP contribution in [0.15, 0.2) is 24.3 Å². The second-order valence-electron chi connectivity index (χ2n) is 3.07. The van der Waals surface area contributed by atoms with Gasteiger partial charge in [0.2, 0.25) is 0 Å². The molecule has 1 aromatic carbocycles. The molecule has 1 aromatic rings. The molecule has 0 amide bonds. The average molecular weight is 292 g/mol. The molecule has 0 fully saturated rings. The Labute approximate surface area is 91.3 Å². The van der Waals surface area contributed by atoms with E-state index in [0.29, 0.717) is 0 Å². The molecule has 0 saturated heterocycles. The third kappa shape index (κ3) is 4.50. The van der Waals surface area contributed by atoms with E-state index >= 15 is 0 Å². The van der Waals surface area contributed by atoms with Crippen molar-refractivity contribution >= 4 is 21.6 Å². The van der Waals surface area contributed by atoms with Crippen LogP contribution in [-0.2, 0) is 0 Å². The maximum absolute atomic E-state index is 5.69. The van der Waals surface area contributed by atoms with E-state index in [4.69, 9.17) is 3.07 Å². The molecular formula is C11H17IO. The van der Waals surface area contributed by atoms with Gasteiger partial charge in [0.25, 0.3) is 0 Å². The minimum atomic E-state index is -0.236. The van der Waals surface area contributed by atoms with Crippen LogP contribution >= 0.6 is 21.6 Å². The topological polar surface area (TPSA) is 9.23 Å². The van der Waals surface area contributed by atoms with Crippen molar-refractivity contribution in [1.82, 2.24) is 0 Å². The Morgan fingerprint density at radius 2 is 1.92 bits per heavy atom. The molecule has 1 nitrogen and oxygen atoms in total. The number of benzene rings is 1. The fourth-order valence-corrected chi connectivity index (χ4v) is 3.01. The van der Waals surface area contributed by atoms with Crippen LogP contribution in [0.25, 0.3) is 0 Å². The van der Waals surface area contributed by atoms with Crippen molar-refractivity contribution in [3.63, 3.8) is 0 Å². The molecule has 0 N–H and O–H groups in total. The molecule has 0 unspecified atom stereocenters. The Kier molecular flexibility index (Phi) is 5.20. The van der Waals surface area contributed by atoms with Crippen LogP contribution < -0.4 is 3.07 Å². The first-order chi connectivity index (χ1) is 6.33. The van der Waals surface area contributed by atoms with Crippen LogP contribution in [0, 0.1) is 6.92 Å². The Morgan fingerprint density at radius 1 is 1.23 bits per heavy atom. The molecule has 0 heterocycles. The van der Waals surface area contributed by atoms with Gasteiger partial charge in [0.05, 0.1) is 0 Å². The summed E-state index contributed by atoms with van der Waals surface area (Å²) in [5.41, 5.74) is 1.29. The van der Waals surface area contributed by atoms with Crippen molar-refractivity contribution in [3.8, 4) is 5.75 Å². The van der Waals surface area contributed by atoms with Gasteiger partial charge in [-0.15, -0.1) is 0 Å². The van der Waals surface area contributed by atoms with Crippen molar-refractivity contribution in [1.29, 1.82) is 0 Å². The van der Waals surface area contributed by atoms with Gasteiger partial charge in [-0.25, -0.2) is 0 Å². The number of aryl methyl sites for hydroxylation is 1. The summed E-state index contributed by atoms with van der Waals surface area (Å²) < 4.78 is 6.98. The van der Waals surface area contributed by atoms with Crippen molar-refractivity contribution in [3.05, 3.63) is 29.8 Å². The van der Waals surface area contributed by atoms with Gasteiger partial charge in [-0.3, -0.25) is 0 Å². The van der Waals surface area contributed by atoms with Gasteiger partial charge in [-0.2, -0.15) is 0 Å². The van der Waals surface area contributed by atoms with E-state index in [2.05, 4.69) is 38.1 Å². The number of rotatable bonds is 5. The quantitative estimate of drug-likeness (QED) is 0.456. The molecular weight excluding hydrogens is 275 g/mol. The fraction of sp³-hybridized carbons (Fsp3) is 0.455. The van der Waals surface area contributed by atoms with E-state index in [1.807, 2.05) is 0 Å². The summed E-state index contributed by atoms with van der Waals surface area (Å²) in [5.74, 6) is 1.05. The second-order valence-corrected chi connectivity index (χ2v) is 5.39. The average Bonchev–Trinajstić information content (AvgIpc) is 2.15. The second kappa shape index (κ2) is 6.24. The summed E-state index contributed by atoms with van der Waals surface area (Å²) in [6.45, 7) is 4.32. The van der Waals surface area contributed by atoms with E-state index in [-0.39, 0.29) is 21.6 Å². The molecule has 0 aromatic heterocycles. The van der Waals surface area contributed by atoms with Crippen molar-refractivity contribution in [2.24, 2.45) is 0 Å². The molecule has 0 atom stereocenters. The molecule has 74 valence electrons. The van der Waals surface area contributed by atoms with Crippen LogP contribution in [-0.4, -0.2) is 4.43 Å². The number of unbranched alkanes of at least 4 members (excludes halogenated alkanes) is 1. The van der Waals surface area contributed by atoms with Gasteiger partial charge in [0.15, 0.2) is 0 Å². The molecule has 2 heteroatoms. The SMILES string of the molecule is CCCC[IH]Oc1ccc(C)cc1. The first-order valence-corrected chi connectivity index (χ1v) is 7.29. The summed E-state index contributed by atoms with van der Waals surface area (Å²) in [6, 6.07) is 8.32. The number of hydrogen-bond acceptors (Lipinski definition) is 1. The van der Waals surface area contributed by atoms with Gasteiger partial charge in [0, 0.05) is 0 Å². The van der Waals surface area contributed by atoms with E-state index in [1.54, 1.807) is 0 Å². The molecule has 0 bridgehead atoms. The molecule has 0 radical (unpaired) electrons. The van der Waals surface area contributed by atoms with Gasteiger partial charge >= 0.3 is 91.4 Å². The fourth-order valence-electron chi connectivity index (χ4n) is 0.907. The number of hydrogen-bond donors (Lipinski definition) is 0. The molecule has 0 aliphatic heterocycles. The third-order valence-corrected chi connectivity index (χ3v) is 3.94. The van der Waals surface area contributed by atoms with Gasteiger partial charge < -0.3 is 0 Å². The van der Waals surface area contributed by atoms with Crippen molar-refractivity contribution < 1.29 is 3.07 Å². The van der Waals surface area contributed by atoms with E-state index in [9.17, 15) is 0 Å². The zero-order chi connectivity index (χ0) is 9.52. The van der Waals surface area contributed by atoms with Crippen LogP contribution in [0.3, 0.4) is 0 Å². The number of halogens is 1. The number of alkyl halides is 1. The van der Waals surface area contributed by atoms with Crippen molar-refractivity contribution in [2.75, 3.05) is 4.43 Å². The van der Waals surface area contributed by atoms with Crippen LogP contribution in [0.4, 0.5) is 0 Å². The first kappa shape index (κ1) is 10.8.